The lowest BCUT2D eigenvalue weighted by molar-refractivity contribution is 0.0892. The fourth-order valence-corrected chi connectivity index (χ4v) is 2.52. The first-order chi connectivity index (χ1) is 9.33. The maximum atomic E-state index is 12.4. The fourth-order valence-electron chi connectivity index (χ4n) is 2.52. The molecule has 0 saturated carbocycles. The molecular weight excluding hydrogens is 242 g/mol. The maximum Gasteiger partial charge on any atom is 0.259 e. The van der Waals surface area contributed by atoms with Gasteiger partial charge in [-0.15, -0.1) is 0 Å². The van der Waals surface area contributed by atoms with Gasteiger partial charge in [0.05, 0.1) is 25.5 Å². The highest BCUT2D eigenvalue weighted by molar-refractivity contribution is 6.24. The van der Waals surface area contributed by atoms with Crippen LogP contribution in [0.1, 0.15) is 10.4 Å². The van der Waals surface area contributed by atoms with Crippen molar-refractivity contribution in [2.45, 2.75) is 0 Å². The van der Waals surface area contributed by atoms with Crippen LogP contribution in [0.15, 0.2) is 36.4 Å². The first-order valence-corrected chi connectivity index (χ1v) is 6.35. The van der Waals surface area contributed by atoms with E-state index in [1.165, 1.54) is 0 Å². The van der Waals surface area contributed by atoms with Crippen LogP contribution in [0.2, 0.25) is 0 Å². The van der Waals surface area contributed by atoms with Crippen molar-refractivity contribution < 1.29 is 14.6 Å². The van der Waals surface area contributed by atoms with Gasteiger partial charge in [0.25, 0.3) is 5.91 Å². The van der Waals surface area contributed by atoms with Crippen LogP contribution in [0, 0.1) is 0 Å². The molecule has 1 amide bonds. The number of hydrogen-bond acceptors (Lipinski definition) is 3. The normalized spacial score (nSPS) is 13.5. The predicted octanol–water partition coefficient (Wildman–Crippen LogP) is 1.81. The molecule has 0 radical (unpaired) electrons. The summed E-state index contributed by atoms with van der Waals surface area (Å²) in [6.07, 6.45) is 0. The van der Waals surface area contributed by atoms with Crippen molar-refractivity contribution in [3.8, 4) is 0 Å². The van der Waals surface area contributed by atoms with E-state index in [0.29, 0.717) is 19.8 Å². The Kier molecular flexibility index (Phi) is 3.19. The quantitative estimate of drug-likeness (QED) is 0.831. The Balaban J connectivity index is 1.90. The monoisotopic (exact) mass is 257 g/mol. The lowest BCUT2D eigenvalue weighted by Crippen LogP contribution is -2.30. The molecule has 0 atom stereocenters. The summed E-state index contributed by atoms with van der Waals surface area (Å²) < 4.78 is 5.24. The van der Waals surface area contributed by atoms with E-state index in [4.69, 9.17) is 9.84 Å². The van der Waals surface area contributed by atoms with Crippen molar-refractivity contribution in [2.75, 3.05) is 31.3 Å². The molecule has 19 heavy (non-hydrogen) atoms. The van der Waals surface area contributed by atoms with E-state index in [1.807, 2.05) is 36.4 Å². The van der Waals surface area contributed by atoms with Gasteiger partial charge in [-0.25, -0.2) is 0 Å². The van der Waals surface area contributed by atoms with E-state index in [9.17, 15) is 4.79 Å². The van der Waals surface area contributed by atoms with Crippen LogP contribution in [0.4, 0.5) is 5.69 Å². The van der Waals surface area contributed by atoms with Gasteiger partial charge < -0.3 is 14.7 Å². The van der Waals surface area contributed by atoms with Crippen molar-refractivity contribution in [3.63, 3.8) is 0 Å². The molecule has 0 unspecified atom stereocenters. The van der Waals surface area contributed by atoms with Gasteiger partial charge in [0.15, 0.2) is 0 Å². The van der Waals surface area contributed by atoms with Gasteiger partial charge in [0.1, 0.15) is 0 Å². The molecule has 0 saturated heterocycles. The number of rotatable bonds is 5. The molecule has 0 bridgehead atoms. The van der Waals surface area contributed by atoms with Crippen molar-refractivity contribution in [1.82, 2.24) is 0 Å². The molecule has 1 aliphatic rings. The van der Waals surface area contributed by atoms with Gasteiger partial charge in [0, 0.05) is 17.5 Å². The third kappa shape index (κ3) is 1.99. The molecule has 1 heterocycles. The van der Waals surface area contributed by atoms with Crippen molar-refractivity contribution in [2.24, 2.45) is 0 Å². The molecule has 2 aromatic carbocycles. The SMILES string of the molecule is O=C1c2cccc3cccc(c23)N1CCOCCO. The smallest absolute Gasteiger partial charge is 0.259 e. The largest absolute Gasteiger partial charge is 0.394 e. The second-order valence-corrected chi connectivity index (χ2v) is 4.47. The van der Waals surface area contributed by atoms with E-state index in [-0.39, 0.29) is 12.5 Å². The highest BCUT2D eigenvalue weighted by Gasteiger charge is 2.28. The number of anilines is 1. The number of ether oxygens (including phenoxy) is 1. The minimum absolute atomic E-state index is 0.00372. The number of aliphatic hydroxyl groups is 1. The van der Waals surface area contributed by atoms with E-state index in [0.717, 1.165) is 22.0 Å². The Labute approximate surface area is 111 Å². The maximum absolute atomic E-state index is 12.4. The molecule has 0 aromatic heterocycles. The van der Waals surface area contributed by atoms with Crippen LogP contribution in [0.5, 0.6) is 0 Å². The molecule has 0 fully saturated rings. The minimum atomic E-state index is 0.00372. The molecule has 0 aliphatic carbocycles. The molecule has 4 heteroatoms. The van der Waals surface area contributed by atoms with Gasteiger partial charge in [-0.1, -0.05) is 24.3 Å². The first-order valence-electron chi connectivity index (χ1n) is 6.35. The van der Waals surface area contributed by atoms with Crippen molar-refractivity contribution >= 4 is 22.4 Å². The van der Waals surface area contributed by atoms with Gasteiger partial charge >= 0.3 is 0 Å². The zero-order valence-electron chi connectivity index (χ0n) is 10.5. The number of carbonyl (C=O) groups is 1. The predicted molar refractivity (Wildman–Crippen MR) is 73.5 cm³/mol. The summed E-state index contributed by atoms with van der Waals surface area (Å²) >= 11 is 0. The number of hydrogen-bond donors (Lipinski definition) is 1. The molecule has 3 rings (SSSR count). The molecule has 1 aliphatic heterocycles. The zero-order chi connectivity index (χ0) is 13.2. The summed E-state index contributed by atoms with van der Waals surface area (Å²) in [4.78, 5) is 14.1. The Morgan fingerprint density at radius 3 is 2.68 bits per heavy atom. The molecule has 0 spiro atoms. The zero-order valence-corrected chi connectivity index (χ0v) is 10.5. The number of aliphatic hydroxyl groups excluding tert-OH is 1. The second kappa shape index (κ2) is 4.99. The number of carbonyl (C=O) groups excluding carboxylic acids is 1. The Bertz CT molecular complexity index is 619. The highest BCUT2D eigenvalue weighted by Crippen LogP contribution is 2.36. The summed E-state index contributed by atoms with van der Waals surface area (Å²) in [5, 5.41) is 10.8. The first kappa shape index (κ1) is 12.1. The highest BCUT2D eigenvalue weighted by atomic mass is 16.5. The fraction of sp³-hybridized carbons (Fsp3) is 0.267. The van der Waals surface area contributed by atoms with Crippen LogP contribution in [0.25, 0.3) is 10.8 Å². The number of nitrogens with zero attached hydrogens (tertiary/aromatic N) is 1. The number of benzene rings is 2. The van der Waals surface area contributed by atoms with Crippen LogP contribution in [0.3, 0.4) is 0 Å². The summed E-state index contributed by atoms with van der Waals surface area (Å²) in [5.74, 6) is 0.0272. The Morgan fingerprint density at radius 2 is 1.89 bits per heavy atom. The van der Waals surface area contributed by atoms with Crippen molar-refractivity contribution in [1.29, 1.82) is 0 Å². The van der Waals surface area contributed by atoms with Crippen LogP contribution >= 0.6 is 0 Å². The van der Waals surface area contributed by atoms with Gasteiger partial charge in [-0.2, -0.15) is 0 Å². The minimum Gasteiger partial charge on any atom is -0.394 e. The lowest BCUT2D eigenvalue weighted by atomic mass is 10.1. The molecule has 2 aromatic rings. The van der Waals surface area contributed by atoms with Crippen LogP contribution < -0.4 is 4.90 Å². The third-order valence-electron chi connectivity index (χ3n) is 3.34. The molecule has 1 N–H and O–H groups in total. The second-order valence-electron chi connectivity index (χ2n) is 4.47. The standard InChI is InChI=1S/C15H15NO3/c17-8-10-19-9-7-16-13-6-2-4-11-3-1-5-12(14(11)13)15(16)18/h1-6,17H,7-10H2. The lowest BCUT2D eigenvalue weighted by Gasteiger charge is -2.17. The van der Waals surface area contributed by atoms with E-state index < -0.39 is 0 Å². The summed E-state index contributed by atoms with van der Waals surface area (Å²) in [6, 6.07) is 11.7. The van der Waals surface area contributed by atoms with E-state index in [1.54, 1.807) is 4.90 Å². The van der Waals surface area contributed by atoms with Gasteiger partial charge in [0.2, 0.25) is 0 Å². The Hall–Kier alpha value is -1.91. The summed E-state index contributed by atoms with van der Waals surface area (Å²) in [5.41, 5.74) is 1.71. The summed E-state index contributed by atoms with van der Waals surface area (Å²) in [7, 11) is 0. The Morgan fingerprint density at radius 1 is 1.11 bits per heavy atom. The van der Waals surface area contributed by atoms with Gasteiger partial charge in [-0.3, -0.25) is 4.79 Å². The number of amides is 1. The average Bonchev–Trinajstić information content (AvgIpc) is 2.71. The summed E-state index contributed by atoms with van der Waals surface area (Å²) in [6.45, 7) is 1.24. The van der Waals surface area contributed by atoms with E-state index in [2.05, 4.69) is 0 Å². The van der Waals surface area contributed by atoms with E-state index >= 15 is 0 Å². The topological polar surface area (TPSA) is 49.8 Å². The van der Waals surface area contributed by atoms with Gasteiger partial charge in [-0.05, 0) is 17.5 Å². The molecule has 98 valence electrons. The van der Waals surface area contributed by atoms with Crippen molar-refractivity contribution in [3.05, 3.63) is 42.0 Å². The third-order valence-corrected chi connectivity index (χ3v) is 3.34. The van der Waals surface area contributed by atoms with Crippen LogP contribution in [-0.2, 0) is 4.74 Å². The van der Waals surface area contributed by atoms with Crippen LogP contribution in [-0.4, -0.2) is 37.4 Å². The molecular formula is C15H15NO3. The average molecular weight is 257 g/mol. The molecule has 4 nitrogen and oxygen atoms in total.